The Hall–Kier alpha value is -1.48. The van der Waals surface area contributed by atoms with Crippen LogP contribution in [-0.4, -0.2) is 59.3 Å². The number of ether oxygens (including phenoxy) is 3. The number of rotatable bonds is 8. The second-order valence-electron chi connectivity index (χ2n) is 6.84. The molecule has 1 heterocycles. The SMILES string of the molecule is CNC/C(=C\F)COc1ccc(S(=O)(=O)CC2COC(C)(C)CO2)cc1. The van der Waals surface area contributed by atoms with Gasteiger partial charge in [-0.3, -0.25) is 0 Å². The van der Waals surface area contributed by atoms with Crippen LogP contribution >= 0.6 is 0 Å². The second-order valence-corrected chi connectivity index (χ2v) is 8.88. The van der Waals surface area contributed by atoms with Crippen LogP contribution in [-0.2, 0) is 19.3 Å². The first-order valence-electron chi connectivity index (χ1n) is 8.40. The molecular weight excluding hydrogens is 361 g/mol. The van der Waals surface area contributed by atoms with Crippen molar-refractivity contribution in [1.82, 2.24) is 5.32 Å². The molecule has 1 unspecified atom stereocenters. The number of benzene rings is 1. The zero-order chi connectivity index (χ0) is 19.2. The molecule has 0 radical (unpaired) electrons. The molecule has 1 N–H and O–H groups in total. The van der Waals surface area contributed by atoms with E-state index >= 15 is 0 Å². The lowest BCUT2D eigenvalue weighted by atomic mass is 10.1. The molecule has 26 heavy (non-hydrogen) atoms. The van der Waals surface area contributed by atoms with Gasteiger partial charge in [-0.25, -0.2) is 12.8 Å². The fourth-order valence-electron chi connectivity index (χ4n) is 2.43. The van der Waals surface area contributed by atoms with Gasteiger partial charge in [-0.2, -0.15) is 0 Å². The number of likely N-dealkylation sites (N-methyl/N-ethyl adjacent to an activating group) is 1. The lowest BCUT2D eigenvalue weighted by Crippen LogP contribution is -2.44. The van der Waals surface area contributed by atoms with E-state index in [0.29, 0.717) is 30.8 Å². The summed E-state index contributed by atoms with van der Waals surface area (Å²) in [7, 11) is -1.79. The van der Waals surface area contributed by atoms with Gasteiger partial charge in [0.1, 0.15) is 12.4 Å². The monoisotopic (exact) mass is 387 g/mol. The van der Waals surface area contributed by atoms with Crippen molar-refractivity contribution >= 4 is 9.84 Å². The average molecular weight is 387 g/mol. The summed E-state index contributed by atoms with van der Waals surface area (Å²) in [5, 5.41) is 2.84. The highest BCUT2D eigenvalue weighted by Crippen LogP contribution is 2.22. The van der Waals surface area contributed by atoms with Crippen molar-refractivity contribution in [3.63, 3.8) is 0 Å². The highest BCUT2D eigenvalue weighted by atomic mass is 32.2. The quantitative estimate of drug-likeness (QED) is 0.736. The van der Waals surface area contributed by atoms with Crippen LogP contribution in [0.15, 0.2) is 41.1 Å². The Bertz CT molecular complexity index is 706. The molecule has 1 saturated heterocycles. The van der Waals surface area contributed by atoms with Crippen LogP contribution in [0, 0.1) is 0 Å². The van der Waals surface area contributed by atoms with E-state index in [1.807, 2.05) is 13.8 Å². The molecule has 1 aliphatic rings. The van der Waals surface area contributed by atoms with Crippen molar-refractivity contribution in [2.75, 3.05) is 39.2 Å². The maximum atomic E-state index is 12.7. The zero-order valence-corrected chi connectivity index (χ0v) is 16.1. The van der Waals surface area contributed by atoms with Gasteiger partial charge in [0.25, 0.3) is 0 Å². The molecule has 0 saturated carbocycles. The Balaban J connectivity index is 1.94. The minimum absolute atomic E-state index is 0.0898. The molecule has 0 aliphatic carbocycles. The third-order valence-electron chi connectivity index (χ3n) is 3.90. The van der Waals surface area contributed by atoms with Crippen molar-refractivity contribution in [1.29, 1.82) is 0 Å². The van der Waals surface area contributed by atoms with Crippen LogP contribution in [0.4, 0.5) is 4.39 Å². The van der Waals surface area contributed by atoms with E-state index in [2.05, 4.69) is 5.32 Å². The number of hydrogen-bond acceptors (Lipinski definition) is 6. The summed E-state index contributed by atoms with van der Waals surface area (Å²) in [4.78, 5) is 0.190. The third kappa shape index (κ3) is 6.05. The zero-order valence-electron chi connectivity index (χ0n) is 15.3. The van der Waals surface area contributed by atoms with Gasteiger partial charge >= 0.3 is 0 Å². The van der Waals surface area contributed by atoms with Crippen molar-refractivity contribution < 1.29 is 27.0 Å². The van der Waals surface area contributed by atoms with Gasteiger partial charge < -0.3 is 19.5 Å². The summed E-state index contributed by atoms with van der Waals surface area (Å²) < 4.78 is 54.4. The standard InChI is InChI=1S/C18H26FNO5S/c1-18(2)13-24-16(11-25-18)12-26(21,22)17-6-4-15(5-7-17)23-10-14(8-19)9-20-3/h4-8,16,20H,9-13H2,1-3H3/b14-8+. The molecular formula is C18H26FNO5S. The van der Waals surface area contributed by atoms with E-state index in [-0.39, 0.29) is 29.5 Å². The third-order valence-corrected chi connectivity index (χ3v) is 5.70. The van der Waals surface area contributed by atoms with Crippen LogP contribution in [0.3, 0.4) is 0 Å². The molecule has 8 heteroatoms. The van der Waals surface area contributed by atoms with Crippen LogP contribution in [0.25, 0.3) is 0 Å². The summed E-state index contributed by atoms with van der Waals surface area (Å²) in [6, 6.07) is 6.08. The normalized spacial score (nSPS) is 20.8. The van der Waals surface area contributed by atoms with Crippen LogP contribution in [0.2, 0.25) is 0 Å². The molecule has 1 atom stereocenters. The van der Waals surface area contributed by atoms with Crippen molar-refractivity contribution in [2.45, 2.75) is 30.4 Å². The molecule has 1 aliphatic heterocycles. The van der Waals surface area contributed by atoms with E-state index in [1.54, 1.807) is 19.2 Å². The first-order chi connectivity index (χ1) is 12.3. The van der Waals surface area contributed by atoms with E-state index in [0.717, 1.165) is 0 Å². The average Bonchev–Trinajstić information content (AvgIpc) is 2.61. The van der Waals surface area contributed by atoms with Crippen molar-refractivity contribution in [3.05, 3.63) is 36.2 Å². The van der Waals surface area contributed by atoms with Crippen LogP contribution in [0.1, 0.15) is 13.8 Å². The van der Waals surface area contributed by atoms with Gasteiger partial charge in [0.2, 0.25) is 0 Å². The predicted octanol–water partition coefficient (Wildman–Crippen LogP) is 2.11. The number of halogens is 1. The van der Waals surface area contributed by atoms with E-state index < -0.39 is 15.9 Å². The van der Waals surface area contributed by atoms with Gasteiger partial charge in [-0.05, 0) is 45.2 Å². The first-order valence-corrected chi connectivity index (χ1v) is 10.0. The second kappa shape index (κ2) is 8.94. The fraction of sp³-hybridized carbons (Fsp3) is 0.556. The molecule has 1 aromatic rings. The summed E-state index contributed by atoms with van der Waals surface area (Å²) in [5.41, 5.74) is 0.0704. The first kappa shape index (κ1) is 20.8. The number of nitrogens with one attached hydrogen (secondary N) is 1. The number of sulfone groups is 1. The van der Waals surface area contributed by atoms with E-state index in [4.69, 9.17) is 14.2 Å². The Morgan fingerprint density at radius 1 is 1.38 bits per heavy atom. The van der Waals surface area contributed by atoms with E-state index in [1.165, 1.54) is 12.1 Å². The molecule has 0 amide bonds. The van der Waals surface area contributed by atoms with Gasteiger partial charge in [0.05, 0.1) is 41.9 Å². The van der Waals surface area contributed by atoms with Crippen LogP contribution < -0.4 is 10.1 Å². The molecule has 1 aromatic carbocycles. The molecule has 0 bridgehead atoms. The predicted molar refractivity (Wildman–Crippen MR) is 96.9 cm³/mol. The topological polar surface area (TPSA) is 73.9 Å². The maximum absolute atomic E-state index is 12.7. The summed E-state index contributed by atoms with van der Waals surface area (Å²) in [6.07, 6.45) is 0.0193. The molecule has 0 spiro atoms. The molecule has 0 aromatic heterocycles. The lowest BCUT2D eigenvalue weighted by Gasteiger charge is -2.34. The Morgan fingerprint density at radius 3 is 2.62 bits per heavy atom. The smallest absolute Gasteiger partial charge is 0.181 e. The maximum Gasteiger partial charge on any atom is 0.181 e. The van der Waals surface area contributed by atoms with Crippen molar-refractivity contribution in [2.24, 2.45) is 0 Å². The van der Waals surface area contributed by atoms with Gasteiger partial charge in [0.15, 0.2) is 9.84 Å². The lowest BCUT2D eigenvalue weighted by molar-refractivity contribution is -0.167. The molecule has 6 nitrogen and oxygen atoms in total. The summed E-state index contributed by atoms with van der Waals surface area (Å²) in [5.74, 6) is 0.332. The highest BCUT2D eigenvalue weighted by Gasteiger charge is 2.31. The Labute approximate surface area is 154 Å². The van der Waals surface area contributed by atoms with Gasteiger partial charge in [-0.15, -0.1) is 0 Å². The molecule has 146 valence electrons. The minimum atomic E-state index is -3.50. The Morgan fingerprint density at radius 2 is 2.08 bits per heavy atom. The van der Waals surface area contributed by atoms with Crippen molar-refractivity contribution in [3.8, 4) is 5.75 Å². The fourth-order valence-corrected chi connectivity index (χ4v) is 3.86. The summed E-state index contributed by atoms with van der Waals surface area (Å²) >= 11 is 0. The minimum Gasteiger partial charge on any atom is -0.489 e. The number of hydrogen-bond donors (Lipinski definition) is 1. The van der Waals surface area contributed by atoms with Gasteiger partial charge in [-0.1, -0.05) is 0 Å². The Kier molecular flexibility index (Phi) is 7.16. The van der Waals surface area contributed by atoms with E-state index in [9.17, 15) is 12.8 Å². The molecule has 1 fully saturated rings. The summed E-state index contributed by atoms with van der Waals surface area (Å²) in [6.45, 7) is 4.87. The highest BCUT2D eigenvalue weighted by molar-refractivity contribution is 7.91. The van der Waals surface area contributed by atoms with Gasteiger partial charge in [0, 0.05) is 12.1 Å². The largest absolute Gasteiger partial charge is 0.489 e. The molecule has 2 rings (SSSR count). The van der Waals surface area contributed by atoms with Crippen LogP contribution in [0.5, 0.6) is 5.75 Å².